The number of likely N-dealkylation sites (N-methyl/N-ethyl adjacent to an activating group) is 1. The van der Waals surface area contributed by atoms with Gasteiger partial charge < -0.3 is 15.0 Å². The summed E-state index contributed by atoms with van der Waals surface area (Å²) in [6, 6.07) is 3.93. The highest BCUT2D eigenvalue weighted by Gasteiger charge is 2.35. The van der Waals surface area contributed by atoms with Gasteiger partial charge in [-0.3, -0.25) is 0 Å². The van der Waals surface area contributed by atoms with Crippen LogP contribution in [0.15, 0.2) is 18.3 Å². The maximum atomic E-state index is 5.14. The van der Waals surface area contributed by atoms with Gasteiger partial charge in [-0.15, -0.1) is 0 Å². The van der Waals surface area contributed by atoms with Crippen LogP contribution in [0.4, 0.5) is 5.69 Å². The van der Waals surface area contributed by atoms with E-state index in [1.807, 2.05) is 12.1 Å². The minimum absolute atomic E-state index is 0.302. The topological polar surface area (TPSA) is 37.4 Å². The molecular formula is C14H23N3O. The molecule has 0 saturated heterocycles. The first kappa shape index (κ1) is 13.1. The molecule has 0 atom stereocenters. The van der Waals surface area contributed by atoms with E-state index in [2.05, 4.69) is 29.3 Å². The zero-order valence-corrected chi connectivity index (χ0v) is 11.6. The number of ether oxygens (including phenoxy) is 1. The summed E-state index contributed by atoms with van der Waals surface area (Å²) in [5, 5.41) is 3.52. The van der Waals surface area contributed by atoms with E-state index < -0.39 is 0 Å². The summed E-state index contributed by atoms with van der Waals surface area (Å²) in [5.41, 5.74) is 1.38. The highest BCUT2D eigenvalue weighted by Crippen LogP contribution is 2.34. The van der Waals surface area contributed by atoms with Crippen LogP contribution in [0, 0.1) is 0 Å². The van der Waals surface area contributed by atoms with Crippen molar-refractivity contribution in [3.63, 3.8) is 0 Å². The lowest BCUT2D eigenvalue weighted by Gasteiger charge is -2.36. The lowest BCUT2D eigenvalue weighted by atomic mass is 9.96. The van der Waals surface area contributed by atoms with Gasteiger partial charge in [-0.2, -0.15) is 0 Å². The summed E-state index contributed by atoms with van der Waals surface area (Å²) in [7, 11) is 6.00. The molecule has 1 N–H and O–H groups in total. The van der Waals surface area contributed by atoms with E-state index in [0.29, 0.717) is 11.4 Å². The number of hydrogen-bond donors (Lipinski definition) is 1. The fourth-order valence-electron chi connectivity index (χ4n) is 2.71. The summed E-state index contributed by atoms with van der Waals surface area (Å²) < 4.78 is 5.14. The van der Waals surface area contributed by atoms with Gasteiger partial charge in [0.1, 0.15) is 0 Å². The third-order valence-corrected chi connectivity index (χ3v) is 4.05. The van der Waals surface area contributed by atoms with Crippen molar-refractivity contribution in [2.24, 2.45) is 0 Å². The molecule has 0 amide bonds. The summed E-state index contributed by atoms with van der Waals surface area (Å²) in [4.78, 5) is 6.48. The van der Waals surface area contributed by atoms with Gasteiger partial charge in [0.05, 0.1) is 7.11 Å². The average molecular weight is 249 g/mol. The highest BCUT2D eigenvalue weighted by molar-refractivity contribution is 5.45. The van der Waals surface area contributed by atoms with Gasteiger partial charge >= 0.3 is 0 Å². The number of anilines is 1. The summed E-state index contributed by atoms with van der Waals surface area (Å²) >= 11 is 0. The van der Waals surface area contributed by atoms with E-state index in [1.54, 1.807) is 13.3 Å². The molecule has 2 rings (SSSR count). The van der Waals surface area contributed by atoms with E-state index in [1.165, 1.54) is 25.7 Å². The number of aromatic nitrogens is 1. The van der Waals surface area contributed by atoms with E-state index in [9.17, 15) is 0 Å². The maximum absolute atomic E-state index is 5.14. The molecule has 4 heteroatoms. The first-order chi connectivity index (χ1) is 8.66. The van der Waals surface area contributed by atoms with Crippen LogP contribution in [0.2, 0.25) is 0 Å². The third kappa shape index (κ3) is 2.75. The van der Waals surface area contributed by atoms with E-state index in [0.717, 1.165) is 12.2 Å². The van der Waals surface area contributed by atoms with Crippen LogP contribution in [-0.4, -0.2) is 43.2 Å². The van der Waals surface area contributed by atoms with E-state index in [4.69, 9.17) is 4.74 Å². The van der Waals surface area contributed by atoms with E-state index in [-0.39, 0.29) is 0 Å². The smallest absolute Gasteiger partial charge is 0.214 e. The molecule has 1 aliphatic carbocycles. The van der Waals surface area contributed by atoms with Crippen LogP contribution in [-0.2, 0) is 0 Å². The fourth-order valence-corrected chi connectivity index (χ4v) is 2.71. The van der Waals surface area contributed by atoms with Crippen molar-refractivity contribution in [2.75, 3.05) is 33.1 Å². The second-order valence-electron chi connectivity index (χ2n) is 5.27. The lowest BCUT2D eigenvalue weighted by molar-refractivity contribution is 0.172. The van der Waals surface area contributed by atoms with Crippen molar-refractivity contribution < 1.29 is 4.74 Å². The summed E-state index contributed by atoms with van der Waals surface area (Å²) in [6.07, 6.45) is 6.99. The number of nitrogens with zero attached hydrogens (tertiary/aromatic N) is 2. The first-order valence-electron chi connectivity index (χ1n) is 6.58. The molecule has 0 aromatic carbocycles. The van der Waals surface area contributed by atoms with Crippen LogP contribution < -0.4 is 10.1 Å². The average Bonchev–Trinajstić information content (AvgIpc) is 2.87. The van der Waals surface area contributed by atoms with Crippen molar-refractivity contribution in [2.45, 2.75) is 31.2 Å². The Kier molecular flexibility index (Phi) is 4.07. The van der Waals surface area contributed by atoms with Crippen LogP contribution >= 0.6 is 0 Å². The fraction of sp³-hybridized carbons (Fsp3) is 0.643. The molecule has 1 fully saturated rings. The Morgan fingerprint density at radius 1 is 1.39 bits per heavy atom. The molecule has 1 aliphatic rings. The Morgan fingerprint density at radius 2 is 2.11 bits per heavy atom. The molecule has 0 spiro atoms. The van der Waals surface area contributed by atoms with Crippen LogP contribution in [0.5, 0.6) is 5.88 Å². The largest absolute Gasteiger partial charge is 0.481 e. The van der Waals surface area contributed by atoms with Gasteiger partial charge in [0, 0.05) is 30.0 Å². The highest BCUT2D eigenvalue weighted by atomic mass is 16.5. The Labute approximate surface area is 109 Å². The molecule has 1 saturated carbocycles. The van der Waals surface area contributed by atoms with Gasteiger partial charge in [0.25, 0.3) is 0 Å². The zero-order chi connectivity index (χ0) is 13.0. The number of pyridine rings is 1. The second-order valence-corrected chi connectivity index (χ2v) is 5.27. The maximum Gasteiger partial charge on any atom is 0.214 e. The molecule has 0 aliphatic heterocycles. The van der Waals surface area contributed by atoms with E-state index >= 15 is 0 Å². The standard InChI is InChI=1S/C14H23N3O/c1-17(2)14(7-4-5-8-14)11-16-12-6-9-15-13(10-12)18-3/h6,9-10H,4-5,7-8,11H2,1-3H3,(H,15,16). The van der Waals surface area contributed by atoms with Gasteiger partial charge in [0.15, 0.2) is 0 Å². The van der Waals surface area contributed by atoms with Crippen LogP contribution in [0.3, 0.4) is 0 Å². The number of hydrogen-bond acceptors (Lipinski definition) is 4. The van der Waals surface area contributed by atoms with Crippen molar-refractivity contribution in [1.29, 1.82) is 0 Å². The van der Waals surface area contributed by atoms with Gasteiger partial charge in [-0.25, -0.2) is 4.98 Å². The molecule has 4 nitrogen and oxygen atoms in total. The number of methoxy groups -OCH3 is 1. The predicted octanol–water partition coefficient (Wildman–Crippen LogP) is 2.38. The van der Waals surface area contributed by atoms with Gasteiger partial charge in [-0.05, 0) is 33.0 Å². The Balaban J connectivity index is 2.01. The summed E-state index contributed by atoms with van der Waals surface area (Å²) in [6.45, 7) is 0.979. The molecule has 100 valence electrons. The number of nitrogens with one attached hydrogen (secondary N) is 1. The predicted molar refractivity (Wildman–Crippen MR) is 74.2 cm³/mol. The summed E-state index contributed by atoms with van der Waals surface area (Å²) in [5.74, 6) is 0.658. The molecule has 1 aromatic rings. The molecule has 1 aromatic heterocycles. The lowest BCUT2D eigenvalue weighted by Crippen LogP contribution is -2.47. The quantitative estimate of drug-likeness (QED) is 0.869. The Bertz CT molecular complexity index is 386. The van der Waals surface area contributed by atoms with Crippen molar-refractivity contribution in [3.05, 3.63) is 18.3 Å². The molecule has 1 heterocycles. The molecular weight excluding hydrogens is 226 g/mol. The molecule has 18 heavy (non-hydrogen) atoms. The van der Waals surface area contributed by atoms with Crippen LogP contribution in [0.1, 0.15) is 25.7 Å². The SMILES string of the molecule is COc1cc(NCC2(N(C)C)CCCC2)ccn1. The Morgan fingerprint density at radius 3 is 2.72 bits per heavy atom. The monoisotopic (exact) mass is 249 g/mol. The zero-order valence-electron chi connectivity index (χ0n) is 11.6. The first-order valence-corrected chi connectivity index (χ1v) is 6.58. The van der Waals surface area contributed by atoms with Crippen molar-refractivity contribution in [3.8, 4) is 5.88 Å². The van der Waals surface area contributed by atoms with Crippen molar-refractivity contribution >= 4 is 5.69 Å². The number of rotatable bonds is 5. The molecule has 0 unspecified atom stereocenters. The third-order valence-electron chi connectivity index (χ3n) is 4.05. The molecule has 0 radical (unpaired) electrons. The van der Waals surface area contributed by atoms with Gasteiger partial charge in [-0.1, -0.05) is 12.8 Å². The normalized spacial score (nSPS) is 18.0. The molecule has 0 bridgehead atoms. The van der Waals surface area contributed by atoms with Crippen LogP contribution in [0.25, 0.3) is 0 Å². The minimum atomic E-state index is 0.302. The van der Waals surface area contributed by atoms with Crippen molar-refractivity contribution in [1.82, 2.24) is 9.88 Å². The minimum Gasteiger partial charge on any atom is -0.481 e. The second kappa shape index (κ2) is 5.57. The Hall–Kier alpha value is -1.29. The van der Waals surface area contributed by atoms with Gasteiger partial charge in [0.2, 0.25) is 5.88 Å².